The second-order valence-corrected chi connectivity index (χ2v) is 4.35. The largest absolute Gasteiger partial charge is 0.383 e. The number of hydrogen-bond donors (Lipinski definition) is 2. The van der Waals surface area contributed by atoms with Gasteiger partial charge in [0, 0.05) is 39.9 Å². The summed E-state index contributed by atoms with van der Waals surface area (Å²) in [5, 5.41) is 2.94. The van der Waals surface area contributed by atoms with Gasteiger partial charge in [-0.15, -0.1) is 0 Å². The number of carbonyl (C=O) groups excluding carboxylic acids is 1. The van der Waals surface area contributed by atoms with Crippen molar-refractivity contribution in [3.63, 3.8) is 0 Å². The first-order valence-electron chi connectivity index (χ1n) is 5.93. The Labute approximate surface area is 102 Å². The van der Waals surface area contributed by atoms with Gasteiger partial charge in [0.2, 0.25) is 5.91 Å². The zero-order valence-corrected chi connectivity index (χ0v) is 10.6. The zero-order valence-electron chi connectivity index (χ0n) is 10.6. The molecule has 1 fully saturated rings. The number of carbonyl (C=O) groups is 1. The van der Waals surface area contributed by atoms with E-state index in [9.17, 15) is 4.79 Å². The molecular formula is C11H23N3O3. The molecule has 2 atom stereocenters. The lowest BCUT2D eigenvalue weighted by Crippen LogP contribution is -2.48. The van der Waals surface area contributed by atoms with Crippen LogP contribution in [0.5, 0.6) is 0 Å². The molecule has 2 unspecified atom stereocenters. The van der Waals surface area contributed by atoms with Crippen molar-refractivity contribution in [3.8, 4) is 0 Å². The van der Waals surface area contributed by atoms with Gasteiger partial charge >= 0.3 is 0 Å². The zero-order chi connectivity index (χ0) is 12.7. The van der Waals surface area contributed by atoms with Crippen LogP contribution in [0.25, 0.3) is 0 Å². The molecule has 0 aromatic heterocycles. The molecule has 1 saturated heterocycles. The fourth-order valence-electron chi connectivity index (χ4n) is 1.94. The highest BCUT2D eigenvalue weighted by Gasteiger charge is 2.25. The van der Waals surface area contributed by atoms with E-state index < -0.39 is 6.04 Å². The molecule has 0 bridgehead atoms. The van der Waals surface area contributed by atoms with Crippen molar-refractivity contribution in [2.45, 2.75) is 18.5 Å². The van der Waals surface area contributed by atoms with Crippen molar-refractivity contribution in [1.29, 1.82) is 0 Å². The molecule has 0 aliphatic carbocycles. The number of methoxy groups -OCH3 is 2. The van der Waals surface area contributed by atoms with Crippen LogP contribution in [-0.4, -0.2) is 70.0 Å². The Kier molecular flexibility index (Phi) is 6.43. The molecule has 6 heteroatoms. The molecule has 100 valence electrons. The number of ether oxygens (including phenoxy) is 2. The molecule has 1 rings (SSSR count). The average Bonchev–Trinajstić information content (AvgIpc) is 2.74. The van der Waals surface area contributed by atoms with Gasteiger partial charge < -0.3 is 20.5 Å². The van der Waals surface area contributed by atoms with Crippen molar-refractivity contribution >= 4 is 5.91 Å². The molecule has 0 spiro atoms. The van der Waals surface area contributed by atoms with Crippen LogP contribution in [0.15, 0.2) is 0 Å². The minimum Gasteiger partial charge on any atom is -0.383 e. The first-order valence-corrected chi connectivity index (χ1v) is 5.93. The van der Waals surface area contributed by atoms with Crippen molar-refractivity contribution in [2.24, 2.45) is 5.73 Å². The SMILES string of the molecule is COCCN1CCC(NC(=O)C(N)COC)C1. The second kappa shape index (κ2) is 7.60. The van der Waals surface area contributed by atoms with Crippen LogP contribution in [0.1, 0.15) is 6.42 Å². The smallest absolute Gasteiger partial charge is 0.239 e. The van der Waals surface area contributed by atoms with Crippen LogP contribution in [0.4, 0.5) is 0 Å². The van der Waals surface area contributed by atoms with Gasteiger partial charge in [0.1, 0.15) is 6.04 Å². The molecular weight excluding hydrogens is 222 g/mol. The van der Waals surface area contributed by atoms with E-state index in [1.807, 2.05) is 0 Å². The molecule has 17 heavy (non-hydrogen) atoms. The number of likely N-dealkylation sites (tertiary alicyclic amines) is 1. The fourth-order valence-corrected chi connectivity index (χ4v) is 1.94. The van der Waals surface area contributed by atoms with Crippen molar-refractivity contribution in [3.05, 3.63) is 0 Å². The Morgan fingerprint density at radius 3 is 2.94 bits per heavy atom. The van der Waals surface area contributed by atoms with E-state index in [0.717, 1.165) is 32.7 Å². The quantitative estimate of drug-likeness (QED) is 0.589. The highest BCUT2D eigenvalue weighted by atomic mass is 16.5. The van der Waals surface area contributed by atoms with Crippen LogP contribution in [-0.2, 0) is 14.3 Å². The third-order valence-corrected chi connectivity index (χ3v) is 2.91. The van der Waals surface area contributed by atoms with Crippen molar-refractivity contribution in [1.82, 2.24) is 10.2 Å². The van der Waals surface area contributed by atoms with E-state index in [2.05, 4.69) is 10.2 Å². The Morgan fingerprint density at radius 1 is 1.53 bits per heavy atom. The van der Waals surface area contributed by atoms with Crippen LogP contribution in [0.2, 0.25) is 0 Å². The topological polar surface area (TPSA) is 76.8 Å². The number of amides is 1. The monoisotopic (exact) mass is 245 g/mol. The highest BCUT2D eigenvalue weighted by Crippen LogP contribution is 2.08. The van der Waals surface area contributed by atoms with E-state index in [-0.39, 0.29) is 18.6 Å². The van der Waals surface area contributed by atoms with Gasteiger partial charge in [0.15, 0.2) is 0 Å². The summed E-state index contributed by atoms with van der Waals surface area (Å²) in [6, 6.07) is -0.379. The van der Waals surface area contributed by atoms with Crippen LogP contribution >= 0.6 is 0 Å². The van der Waals surface area contributed by atoms with Crippen molar-refractivity contribution in [2.75, 3.05) is 47.1 Å². The van der Waals surface area contributed by atoms with Gasteiger partial charge in [0.25, 0.3) is 0 Å². The lowest BCUT2D eigenvalue weighted by atomic mass is 10.2. The summed E-state index contributed by atoms with van der Waals surface area (Å²) in [6.45, 7) is 3.76. The summed E-state index contributed by atoms with van der Waals surface area (Å²) in [5.74, 6) is -0.134. The minimum atomic E-state index is -0.576. The highest BCUT2D eigenvalue weighted by molar-refractivity contribution is 5.81. The van der Waals surface area contributed by atoms with E-state index >= 15 is 0 Å². The average molecular weight is 245 g/mol. The van der Waals surface area contributed by atoms with Crippen molar-refractivity contribution < 1.29 is 14.3 Å². The Morgan fingerprint density at radius 2 is 2.29 bits per heavy atom. The summed E-state index contributed by atoms with van der Waals surface area (Å²) in [5.41, 5.74) is 5.65. The van der Waals surface area contributed by atoms with E-state index in [4.69, 9.17) is 15.2 Å². The Hall–Kier alpha value is -0.690. The predicted molar refractivity (Wildman–Crippen MR) is 64.7 cm³/mol. The number of nitrogens with two attached hydrogens (primary N) is 1. The second-order valence-electron chi connectivity index (χ2n) is 4.35. The van der Waals surface area contributed by atoms with E-state index in [0.29, 0.717) is 0 Å². The number of rotatable bonds is 7. The standard InChI is InChI=1S/C11H23N3O3/c1-16-6-5-14-4-3-9(7-14)13-11(15)10(12)8-17-2/h9-10H,3-8,12H2,1-2H3,(H,13,15). The first-order chi connectivity index (χ1) is 8.17. The number of hydrogen-bond acceptors (Lipinski definition) is 5. The normalized spacial score (nSPS) is 22.6. The van der Waals surface area contributed by atoms with Gasteiger partial charge in [-0.3, -0.25) is 9.69 Å². The first kappa shape index (κ1) is 14.4. The molecule has 0 aromatic carbocycles. The lowest BCUT2D eigenvalue weighted by Gasteiger charge is -2.18. The van der Waals surface area contributed by atoms with Gasteiger partial charge in [-0.25, -0.2) is 0 Å². The van der Waals surface area contributed by atoms with Gasteiger partial charge in [-0.1, -0.05) is 0 Å². The number of nitrogens with zero attached hydrogens (tertiary/aromatic N) is 1. The molecule has 0 saturated carbocycles. The van der Waals surface area contributed by atoms with Crippen LogP contribution < -0.4 is 11.1 Å². The summed E-state index contributed by atoms with van der Waals surface area (Å²) in [6.07, 6.45) is 0.967. The maximum atomic E-state index is 11.7. The lowest BCUT2D eigenvalue weighted by molar-refractivity contribution is -0.124. The summed E-state index contributed by atoms with van der Waals surface area (Å²) >= 11 is 0. The van der Waals surface area contributed by atoms with Gasteiger partial charge in [0.05, 0.1) is 13.2 Å². The van der Waals surface area contributed by atoms with E-state index in [1.54, 1.807) is 7.11 Å². The molecule has 0 radical (unpaired) electrons. The van der Waals surface area contributed by atoms with Gasteiger partial charge in [-0.2, -0.15) is 0 Å². The maximum Gasteiger partial charge on any atom is 0.239 e. The fraction of sp³-hybridized carbons (Fsp3) is 0.909. The Bertz CT molecular complexity index is 238. The third-order valence-electron chi connectivity index (χ3n) is 2.91. The molecule has 1 amide bonds. The summed E-state index contributed by atoms with van der Waals surface area (Å²) in [4.78, 5) is 13.9. The summed E-state index contributed by atoms with van der Waals surface area (Å²) in [7, 11) is 3.23. The molecule has 3 N–H and O–H groups in total. The van der Waals surface area contributed by atoms with Crippen LogP contribution in [0.3, 0.4) is 0 Å². The van der Waals surface area contributed by atoms with Gasteiger partial charge in [-0.05, 0) is 6.42 Å². The van der Waals surface area contributed by atoms with Crippen LogP contribution in [0, 0.1) is 0 Å². The third kappa shape index (κ3) is 4.99. The predicted octanol–water partition coefficient (Wildman–Crippen LogP) is -1.20. The minimum absolute atomic E-state index is 0.134. The van der Waals surface area contributed by atoms with E-state index in [1.165, 1.54) is 7.11 Å². The Balaban J connectivity index is 2.22. The number of nitrogens with one attached hydrogen (secondary N) is 1. The maximum absolute atomic E-state index is 11.7. The molecule has 6 nitrogen and oxygen atoms in total. The molecule has 1 aliphatic rings. The molecule has 1 aliphatic heterocycles. The molecule has 1 heterocycles. The molecule has 0 aromatic rings. The summed E-state index contributed by atoms with van der Waals surface area (Å²) < 4.78 is 9.88.